The zero-order valence-electron chi connectivity index (χ0n) is 15.8. The lowest BCUT2D eigenvalue weighted by molar-refractivity contribution is 0.0748. The van der Waals surface area contributed by atoms with Gasteiger partial charge in [0.15, 0.2) is 0 Å². The van der Waals surface area contributed by atoms with Crippen LogP contribution in [0, 0.1) is 0 Å². The monoisotopic (exact) mass is 452 g/mol. The Hall–Kier alpha value is -2.77. The van der Waals surface area contributed by atoms with Crippen molar-refractivity contribution in [1.29, 1.82) is 0 Å². The largest absolute Gasteiger partial charge is 0.374 e. The fourth-order valence-electron chi connectivity index (χ4n) is 3.23. The number of amides is 1. The van der Waals surface area contributed by atoms with Crippen LogP contribution < -0.4 is 0 Å². The maximum atomic E-state index is 13.0. The molecule has 1 amide bonds. The predicted molar refractivity (Wildman–Crippen MR) is 114 cm³/mol. The summed E-state index contributed by atoms with van der Waals surface area (Å²) in [5.41, 5.74) is 2.68. The lowest BCUT2D eigenvalue weighted by atomic mass is 10.1. The molecule has 1 aromatic heterocycles. The van der Waals surface area contributed by atoms with Crippen LogP contribution in [0.2, 0.25) is 0 Å². The molecule has 3 aromatic rings. The molecular formula is C22H21BrN4O2. The molecule has 0 fully saturated rings. The Balaban J connectivity index is 1.42. The Bertz CT molecular complexity index is 986. The summed E-state index contributed by atoms with van der Waals surface area (Å²) in [4.78, 5) is 14.8. The Morgan fingerprint density at radius 2 is 1.93 bits per heavy atom. The van der Waals surface area contributed by atoms with Crippen LogP contribution in [0.1, 0.15) is 12.0 Å². The molecule has 0 spiro atoms. The number of halogens is 1. The second-order valence-electron chi connectivity index (χ2n) is 6.82. The third-order valence-electron chi connectivity index (χ3n) is 4.77. The van der Waals surface area contributed by atoms with Gasteiger partial charge in [-0.2, -0.15) is 4.68 Å². The predicted octanol–water partition coefficient (Wildman–Crippen LogP) is 4.52. The zero-order valence-corrected chi connectivity index (χ0v) is 17.4. The molecule has 7 heteroatoms. The summed E-state index contributed by atoms with van der Waals surface area (Å²) in [7, 11) is 0. The Kier molecular flexibility index (Phi) is 6.17. The molecule has 0 radical (unpaired) electrons. The Morgan fingerprint density at radius 3 is 2.72 bits per heavy atom. The van der Waals surface area contributed by atoms with Gasteiger partial charge < -0.3 is 9.64 Å². The lowest BCUT2D eigenvalue weighted by Gasteiger charge is -2.31. The zero-order chi connectivity index (χ0) is 20.1. The van der Waals surface area contributed by atoms with Gasteiger partial charge in [-0.05, 0) is 24.1 Å². The van der Waals surface area contributed by atoms with Gasteiger partial charge in [0, 0.05) is 16.6 Å². The van der Waals surface area contributed by atoms with E-state index in [2.05, 4.69) is 32.3 Å². The molecule has 2 aromatic carbocycles. The van der Waals surface area contributed by atoms with Crippen molar-refractivity contribution in [3.8, 4) is 11.3 Å². The molecule has 148 valence electrons. The minimum atomic E-state index is -0.196. The minimum absolute atomic E-state index is 0.125. The van der Waals surface area contributed by atoms with Crippen LogP contribution in [-0.2, 0) is 11.3 Å². The topological polar surface area (TPSA) is 60.2 Å². The van der Waals surface area contributed by atoms with E-state index in [1.807, 2.05) is 60.7 Å². The molecule has 1 aliphatic rings. The smallest absolute Gasteiger partial charge is 0.346 e. The van der Waals surface area contributed by atoms with Crippen LogP contribution >= 0.6 is 15.9 Å². The number of rotatable bonds is 5. The average Bonchev–Trinajstić information content (AvgIpc) is 3.25. The minimum Gasteiger partial charge on any atom is -0.374 e. The summed E-state index contributed by atoms with van der Waals surface area (Å²) in [6.45, 7) is 1.58. The van der Waals surface area contributed by atoms with Crippen molar-refractivity contribution in [2.75, 3.05) is 13.2 Å². The van der Waals surface area contributed by atoms with Crippen LogP contribution in [-0.4, -0.2) is 45.1 Å². The molecule has 2 heterocycles. The van der Waals surface area contributed by atoms with Crippen LogP contribution in [0.4, 0.5) is 4.79 Å². The van der Waals surface area contributed by atoms with Crippen molar-refractivity contribution >= 4 is 22.0 Å². The molecule has 0 unspecified atom stereocenters. The highest BCUT2D eigenvalue weighted by Gasteiger charge is 2.26. The van der Waals surface area contributed by atoms with E-state index in [0.29, 0.717) is 25.5 Å². The summed E-state index contributed by atoms with van der Waals surface area (Å²) >= 11 is 3.42. The second-order valence-corrected chi connectivity index (χ2v) is 7.73. The van der Waals surface area contributed by atoms with E-state index in [4.69, 9.17) is 4.74 Å². The molecule has 0 bridgehead atoms. The first-order valence-electron chi connectivity index (χ1n) is 9.48. The quantitative estimate of drug-likeness (QED) is 0.533. The van der Waals surface area contributed by atoms with Gasteiger partial charge in [-0.25, -0.2) is 4.79 Å². The van der Waals surface area contributed by atoms with Gasteiger partial charge in [0.1, 0.15) is 5.69 Å². The first-order chi connectivity index (χ1) is 14.2. The Morgan fingerprint density at radius 1 is 1.14 bits per heavy atom. The molecule has 0 saturated heterocycles. The summed E-state index contributed by atoms with van der Waals surface area (Å²) < 4.78 is 8.16. The van der Waals surface area contributed by atoms with E-state index in [1.165, 1.54) is 4.68 Å². The van der Waals surface area contributed by atoms with E-state index >= 15 is 0 Å². The molecule has 0 saturated carbocycles. The molecule has 1 atom stereocenters. The van der Waals surface area contributed by atoms with Gasteiger partial charge in [0.05, 0.1) is 25.5 Å². The highest BCUT2D eigenvalue weighted by molar-refractivity contribution is 9.10. The van der Waals surface area contributed by atoms with Gasteiger partial charge in [0.2, 0.25) is 0 Å². The molecule has 4 rings (SSSR count). The van der Waals surface area contributed by atoms with Gasteiger partial charge in [-0.15, -0.1) is 5.10 Å². The maximum absolute atomic E-state index is 13.0. The van der Waals surface area contributed by atoms with Crippen LogP contribution in [0.5, 0.6) is 0 Å². The van der Waals surface area contributed by atoms with E-state index in [-0.39, 0.29) is 12.1 Å². The standard InChI is InChI=1S/C22H21BrN4O2/c23-19-11-9-18(10-12-19)21-14-27(25-24-21)22(28)26-13-5-4-8-20(26)16-29-15-17-6-2-1-3-7-17/h1-4,6-12,14,20H,5,13,15-16H2/t20-/m1/s1. The summed E-state index contributed by atoms with van der Waals surface area (Å²) in [5, 5.41) is 8.21. The average molecular weight is 453 g/mol. The first-order valence-corrected chi connectivity index (χ1v) is 10.3. The van der Waals surface area contributed by atoms with Crippen LogP contribution in [0.15, 0.2) is 77.4 Å². The van der Waals surface area contributed by atoms with Crippen LogP contribution in [0.25, 0.3) is 11.3 Å². The molecule has 0 aliphatic carbocycles. The molecule has 6 nitrogen and oxygen atoms in total. The summed E-state index contributed by atoms with van der Waals surface area (Å²) in [6, 6.07) is 17.4. The molecule has 1 aliphatic heterocycles. The normalized spacial score (nSPS) is 16.2. The molecule has 29 heavy (non-hydrogen) atoms. The summed E-state index contributed by atoms with van der Waals surface area (Å²) in [6.07, 6.45) is 6.61. The van der Waals surface area contributed by atoms with Crippen molar-refractivity contribution in [3.05, 3.63) is 83.0 Å². The number of aromatic nitrogens is 3. The van der Waals surface area contributed by atoms with E-state index in [1.54, 1.807) is 11.1 Å². The molecule has 0 N–H and O–H groups in total. The number of ether oxygens (including phenoxy) is 1. The maximum Gasteiger partial charge on any atom is 0.346 e. The van der Waals surface area contributed by atoms with Gasteiger partial charge in [-0.3, -0.25) is 0 Å². The van der Waals surface area contributed by atoms with Crippen LogP contribution in [0.3, 0.4) is 0 Å². The van der Waals surface area contributed by atoms with Crippen molar-refractivity contribution in [2.45, 2.75) is 19.1 Å². The van der Waals surface area contributed by atoms with E-state index in [0.717, 1.165) is 22.0 Å². The fraction of sp³-hybridized carbons (Fsp3) is 0.227. The SMILES string of the molecule is O=C(N1CCC=C[C@@H]1COCc1ccccc1)n1cc(-c2ccc(Br)cc2)nn1. The van der Waals surface area contributed by atoms with Crippen molar-refractivity contribution in [2.24, 2.45) is 0 Å². The number of carbonyl (C=O) groups is 1. The van der Waals surface area contributed by atoms with Crippen molar-refractivity contribution in [3.63, 3.8) is 0 Å². The van der Waals surface area contributed by atoms with Gasteiger partial charge in [0.25, 0.3) is 0 Å². The first kappa shape index (κ1) is 19.5. The van der Waals surface area contributed by atoms with Crippen molar-refractivity contribution < 1.29 is 9.53 Å². The van der Waals surface area contributed by atoms with Gasteiger partial charge >= 0.3 is 6.03 Å². The lowest BCUT2D eigenvalue weighted by Crippen LogP contribution is -2.46. The molecular weight excluding hydrogens is 432 g/mol. The highest BCUT2D eigenvalue weighted by atomic mass is 79.9. The number of hydrogen-bond acceptors (Lipinski definition) is 4. The second kappa shape index (κ2) is 9.15. The number of hydrogen-bond donors (Lipinski definition) is 0. The summed E-state index contributed by atoms with van der Waals surface area (Å²) in [5.74, 6) is 0. The number of carbonyl (C=O) groups excluding carboxylic acids is 1. The van der Waals surface area contributed by atoms with Gasteiger partial charge in [-0.1, -0.05) is 75.8 Å². The third-order valence-corrected chi connectivity index (χ3v) is 5.30. The van der Waals surface area contributed by atoms with E-state index in [9.17, 15) is 4.79 Å². The van der Waals surface area contributed by atoms with Crippen molar-refractivity contribution in [1.82, 2.24) is 19.9 Å². The fourth-order valence-corrected chi connectivity index (χ4v) is 3.50. The number of nitrogens with zero attached hydrogens (tertiary/aromatic N) is 4. The Labute approximate surface area is 177 Å². The van der Waals surface area contributed by atoms with E-state index < -0.39 is 0 Å². The number of benzene rings is 2. The highest BCUT2D eigenvalue weighted by Crippen LogP contribution is 2.20. The third kappa shape index (κ3) is 4.81.